The van der Waals surface area contributed by atoms with Gasteiger partial charge in [0.2, 0.25) is 0 Å². The fourth-order valence-electron chi connectivity index (χ4n) is 2.62. The minimum atomic E-state index is 0.343. The van der Waals surface area contributed by atoms with Crippen LogP contribution in [0.25, 0.3) is 0 Å². The summed E-state index contributed by atoms with van der Waals surface area (Å²) in [5.41, 5.74) is 5.51. The lowest BCUT2D eigenvalue weighted by Gasteiger charge is -2.17. The molecule has 0 saturated heterocycles. The number of halogens is 1. The van der Waals surface area contributed by atoms with E-state index in [0.717, 1.165) is 23.2 Å². The van der Waals surface area contributed by atoms with Crippen LogP contribution >= 0.6 is 23.8 Å². The summed E-state index contributed by atoms with van der Waals surface area (Å²) in [6.45, 7) is 9.34. The molecule has 0 bridgehead atoms. The molecule has 0 aromatic heterocycles. The Morgan fingerprint density at radius 3 is 2.69 bits per heavy atom. The number of nitrogens with one attached hydrogen (secondary N) is 2. The number of hydrogen-bond donors (Lipinski definition) is 2. The first-order valence-corrected chi connectivity index (χ1v) is 10.2. The van der Waals surface area contributed by atoms with Gasteiger partial charge in [0.05, 0.1) is 12.8 Å². The Kier molecular flexibility index (Phi) is 9.47. The van der Waals surface area contributed by atoms with Crippen LogP contribution in [0.5, 0.6) is 11.5 Å². The van der Waals surface area contributed by atoms with Crippen LogP contribution in [-0.4, -0.2) is 24.5 Å². The molecule has 0 saturated carbocycles. The standard InChI is InChI=1S/C22H26ClN3O2S/c1-4-9-17-12-16(14-25-26-22(29)24-5-2)13-20(27-6-3)21(17)28-15-18-10-7-8-11-19(18)23/h4,7-8,10-14H,1,5-6,9,15H2,2-3H3,(H2,24,26,29)/b25-14-. The summed E-state index contributed by atoms with van der Waals surface area (Å²) in [4.78, 5) is 0. The number of rotatable bonds is 10. The summed E-state index contributed by atoms with van der Waals surface area (Å²) < 4.78 is 12.0. The minimum Gasteiger partial charge on any atom is -0.490 e. The summed E-state index contributed by atoms with van der Waals surface area (Å²) in [5, 5.41) is 8.30. The fraction of sp³-hybridized carbons (Fsp3) is 0.273. The van der Waals surface area contributed by atoms with Crippen LogP contribution in [0.2, 0.25) is 5.02 Å². The molecule has 0 fully saturated rings. The van der Waals surface area contributed by atoms with E-state index in [1.807, 2.05) is 56.3 Å². The topological polar surface area (TPSA) is 54.9 Å². The van der Waals surface area contributed by atoms with Crippen LogP contribution in [0, 0.1) is 0 Å². The highest BCUT2D eigenvalue weighted by atomic mass is 35.5. The molecule has 7 heteroatoms. The van der Waals surface area contributed by atoms with Gasteiger partial charge in [-0.05, 0) is 56.2 Å². The molecule has 0 atom stereocenters. The summed E-state index contributed by atoms with van der Waals surface area (Å²) in [7, 11) is 0. The van der Waals surface area contributed by atoms with E-state index in [2.05, 4.69) is 22.4 Å². The molecule has 2 aromatic rings. The van der Waals surface area contributed by atoms with Gasteiger partial charge < -0.3 is 14.8 Å². The van der Waals surface area contributed by atoms with Gasteiger partial charge in [0.1, 0.15) is 6.61 Å². The van der Waals surface area contributed by atoms with Gasteiger partial charge in [-0.3, -0.25) is 5.43 Å². The Morgan fingerprint density at radius 2 is 2.00 bits per heavy atom. The number of ether oxygens (including phenoxy) is 2. The Labute approximate surface area is 182 Å². The first-order chi connectivity index (χ1) is 14.1. The largest absolute Gasteiger partial charge is 0.490 e. The van der Waals surface area contributed by atoms with Crippen molar-refractivity contribution in [2.45, 2.75) is 26.9 Å². The Hall–Kier alpha value is -2.57. The average molecular weight is 432 g/mol. The van der Waals surface area contributed by atoms with Crippen molar-refractivity contribution in [2.75, 3.05) is 13.2 Å². The maximum Gasteiger partial charge on any atom is 0.186 e. The first kappa shape index (κ1) is 22.7. The van der Waals surface area contributed by atoms with E-state index in [1.165, 1.54) is 0 Å². The first-order valence-electron chi connectivity index (χ1n) is 9.42. The lowest BCUT2D eigenvalue weighted by molar-refractivity contribution is 0.267. The molecule has 2 rings (SSSR count). The molecule has 0 aliphatic heterocycles. The zero-order valence-electron chi connectivity index (χ0n) is 16.7. The number of nitrogens with zero attached hydrogens (tertiary/aromatic N) is 1. The van der Waals surface area contributed by atoms with Crippen molar-refractivity contribution in [3.63, 3.8) is 0 Å². The second kappa shape index (κ2) is 12.1. The average Bonchev–Trinajstić information content (AvgIpc) is 2.69. The van der Waals surface area contributed by atoms with E-state index in [0.29, 0.717) is 41.3 Å². The van der Waals surface area contributed by atoms with E-state index in [9.17, 15) is 0 Å². The molecule has 2 aromatic carbocycles. The Morgan fingerprint density at radius 1 is 1.21 bits per heavy atom. The van der Waals surface area contributed by atoms with E-state index in [1.54, 1.807) is 6.21 Å². The number of hydrogen-bond acceptors (Lipinski definition) is 4. The van der Waals surface area contributed by atoms with Crippen molar-refractivity contribution in [3.05, 3.63) is 70.8 Å². The van der Waals surface area contributed by atoms with E-state index < -0.39 is 0 Å². The molecule has 29 heavy (non-hydrogen) atoms. The van der Waals surface area contributed by atoms with Crippen LogP contribution in [-0.2, 0) is 13.0 Å². The molecular weight excluding hydrogens is 406 g/mol. The van der Waals surface area contributed by atoms with Gasteiger partial charge in [-0.2, -0.15) is 5.10 Å². The van der Waals surface area contributed by atoms with Crippen LogP contribution in [0.4, 0.5) is 0 Å². The molecule has 154 valence electrons. The highest BCUT2D eigenvalue weighted by Gasteiger charge is 2.14. The molecule has 0 radical (unpaired) electrons. The van der Waals surface area contributed by atoms with Crippen molar-refractivity contribution in [3.8, 4) is 11.5 Å². The molecule has 0 aliphatic carbocycles. The molecule has 0 spiro atoms. The van der Waals surface area contributed by atoms with E-state index >= 15 is 0 Å². The SMILES string of the molecule is C=CCc1cc(/C=N\NC(=S)NCC)cc(OCC)c1OCc1ccccc1Cl. The molecule has 0 aliphatic rings. The molecule has 2 N–H and O–H groups in total. The summed E-state index contributed by atoms with van der Waals surface area (Å²) in [6, 6.07) is 11.5. The van der Waals surface area contributed by atoms with Gasteiger partial charge in [0.15, 0.2) is 16.6 Å². The zero-order chi connectivity index (χ0) is 21.1. The lowest BCUT2D eigenvalue weighted by atomic mass is 10.1. The minimum absolute atomic E-state index is 0.343. The third-order valence-corrected chi connectivity index (χ3v) is 4.47. The summed E-state index contributed by atoms with van der Waals surface area (Å²) in [6.07, 6.45) is 4.15. The monoisotopic (exact) mass is 431 g/mol. The maximum atomic E-state index is 6.26. The third kappa shape index (κ3) is 7.07. The molecule has 5 nitrogen and oxygen atoms in total. The molecule has 0 heterocycles. The zero-order valence-corrected chi connectivity index (χ0v) is 18.3. The van der Waals surface area contributed by atoms with Crippen molar-refractivity contribution in [2.24, 2.45) is 5.10 Å². The third-order valence-electron chi connectivity index (χ3n) is 3.87. The number of benzene rings is 2. The van der Waals surface area contributed by atoms with Crippen LogP contribution < -0.4 is 20.2 Å². The molecular formula is C22H26ClN3O2S. The van der Waals surface area contributed by atoms with Gasteiger partial charge >= 0.3 is 0 Å². The predicted molar refractivity (Wildman–Crippen MR) is 124 cm³/mol. The summed E-state index contributed by atoms with van der Waals surface area (Å²) in [5.74, 6) is 1.33. The van der Waals surface area contributed by atoms with E-state index in [4.69, 9.17) is 33.3 Å². The van der Waals surface area contributed by atoms with Gasteiger partial charge in [-0.15, -0.1) is 6.58 Å². The van der Waals surface area contributed by atoms with Gasteiger partial charge in [-0.1, -0.05) is 35.9 Å². The van der Waals surface area contributed by atoms with Crippen molar-refractivity contribution in [1.29, 1.82) is 0 Å². The van der Waals surface area contributed by atoms with Gasteiger partial charge in [0.25, 0.3) is 0 Å². The van der Waals surface area contributed by atoms with Crippen molar-refractivity contribution >= 4 is 35.1 Å². The number of allylic oxidation sites excluding steroid dienone is 1. The molecule has 0 unspecified atom stereocenters. The van der Waals surface area contributed by atoms with Gasteiger partial charge in [0, 0.05) is 22.7 Å². The summed E-state index contributed by atoms with van der Waals surface area (Å²) >= 11 is 11.4. The maximum absolute atomic E-state index is 6.26. The van der Waals surface area contributed by atoms with Gasteiger partial charge in [-0.25, -0.2) is 0 Å². The second-order valence-electron chi connectivity index (χ2n) is 6.04. The number of thiocarbonyl (C=S) groups is 1. The van der Waals surface area contributed by atoms with Crippen LogP contribution in [0.3, 0.4) is 0 Å². The van der Waals surface area contributed by atoms with Crippen LogP contribution in [0.15, 0.2) is 54.2 Å². The molecule has 0 amide bonds. The normalized spacial score (nSPS) is 10.6. The number of hydrazone groups is 1. The second-order valence-corrected chi connectivity index (χ2v) is 6.86. The van der Waals surface area contributed by atoms with E-state index in [-0.39, 0.29) is 0 Å². The van der Waals surface area contributed by atoms with Crippen molar-refractivity contribution < 1.29 is 9.47 Å². The Bertz CT molecular complexity index is 871. The predicted octanol–water partition coefficient (Wildman–Crippen LogP) is 4.86. The highest BCUT2D eigenvalue weighted by Crippen LogP contribution is 2.34. The lowest BCUT2D eigenvalue weighted by Crippen LogP contribution is -2.31. The highest BCUT2D eigenvalue weighted by molar-refractivity contribution is 7.80. The van der Waals surface area contributed by atoms with Crippen molar-refractivity contribution in [1.82, 2.24) is 10.7 Å². The van der Waals surface area contributed by atoms with Crippen LogP contribution in [0.1, 0.15) is 30.5 Å². The smallest absolute Gasteiger partial charge is 0.186 e. The fourth-order valence-corrected chi connectivity index (χ4v) is 3.01. The Balaban J connectivity index is 2.28. The quantitative estimate of drug-likeness (QED) is 0.243.